The molecule has 0 bridgehead atoms. The second-order valence-electron chi connectivity index (χ2n) is 8.43. The first-order valence-corrected chi connectivity index (χ1v) is 11.3. The number of benzene rings is 5. The molecule has 3 nitrogen and oxygen atoms in total. The largest absolute Gasteiger partial charge is 0.455 e. The Labute approximate surface area is 195 Å². The lowest BCUT2D eigenvalue weighted by atomic mass is 10.0. The van der Waals surface area contributed by atoms with Crippen molar-refractivity contribution in [2.75, 3.05) is 0 Å². The van der Waals surface area contributed by atoms with E-state index in [2.05, 4.69) is 72.8 Å². The lowest BCUT2D eigenvalue weighted by Crippen LogP contribution is -1.81. The van der Waals surface area contributed by atoms with Gasteiger partial charge in [-0.15, -0.1) is 0 Å². The highest BCUT2D eigenvalue weighted by Crippen LogP contribution is 2.36. The molecule has 0 fully saturated rings. The maximum Gasteiger partial charge on any atom is 0.227 e. The molecular weight excluding hydrogens is 418 g/mol. The Morgan fingerprint density at radius 2 is 1.21 bits per heavy atom. The van der Waals surface area contributed by atoms with Crippen LogP contribution in [0.5, 0.6) is 0 Å². The number of fused-ring (bicyclic) bond motifs is 4. The molecule has 34 heavy (non-hydrogen) atoms. The number of furan rings is 1. The van der Waals surface area contributed by atoms with E-state index in [1.165, 1.54) is 0 Å². The predicted molar refractivity (Wildman–Crippen MR) is 138 cm³/mol. The molecular formula is C31H19NO2. The zero-order valence-corrected chi connectivity index (χ0v) is 18.2. The van der Waals surface area contributed by atoms with E-state index in [-0.39, 0.29) is 0 Å². The first-order chi connectivity index (χ1) is 16.8. The van der Waals surface area contributed by atoms with Crippen molar-refractivity contribution < 1.29 is 8.83 Å². The smallest absolute Gasteiger partial charge is 0.227 e. The number of para-hydroxylation sites is 2. The molecule has 3 heteroatoms. The van der Waals surface area contributed by atoms with Crippen LogP contribution in [0.2, 0.25) is 0 Å². The summed E-state index contributed by atoms with van der Waals surface area (Å²) >= 11 is 0. The topological polar surface area (TPSA) is 39.2 Å². The molecule has 0 saturated heterocycles. The van der Waals surface area contributed by atoms with E-state index in [0.29, 0.717) is 5.89 Å². The van der Waals surface area contributed by atoms with Gasteiger partial charge in [0.25, 0.3) is 0 Å². The van der Waals surface area contributed by atoms with Crippen LogP contribution in [-0.4, -0.2) is 4.98 Å². The fraction of sp³-hybridized carbons (Fsp3) is 0. The molecule has 0 unspecified atom stereocenters. The quantitative estimate of drug-likeness (QED) is 0.277. The average Bonchev–Trinajstić information content (AvgIpc) is 3.50. The van der Waals surface area contributed by atoms with Crippen molar-refractivity contribution >= 4 is 33.0 Å². The van der Waals surface area contributed by atoms with Crippen molar-refractivity contribution in [1.29, 1.82) is 0 Å². The summed E-state index contributed by atoms with van der Waals surface area (Å²) in [6.07, 6.45) is 0. The van der Waals surface area contributed by atoms with E-state index in [9.17, 15) is 0 Å². The molecule has 0 N–H and O–H groups in total. The summed E-state index contributed by atoms with van der Waals surface area (Å²) in [6.45, 7) is 0. The average molecular weight is 437 g/mol. The maximum absolute atomic E-state index is 6.21. The van der Waals surface area contributed by atoms with Gasteiger partial charge in [-0.3, -0.25) is 0 Å². The molecule has 0 spiro atoms. The fourth-order valence-electron chi connectivity index (χ4n) is 4.63. The highest BCUT2D eigenvalue weighted by Gasteiger charge is 2.13. The van der Waals surface area contributed by atoms with Gasteiger partial charge in [0.15, 0.2) is 5.58 Å². The summed E-state index contributed by atoms with van der Waals surface area (Å²) in [7, 11) is 0. The minimum Gasteiger partial charge on any atom is -0.455 e. The Morgan fingerprint density at radius 1 is 0.471 bits per heavy atom. The van der Waals surface area contributed by atoms with Crippen molar-refractivity contribution in [3.05, 3.63) is 115 Å². The fourth-order valence-corrected chi connectivity index (χ4v) is 4.63. The predicted octanol–water partition coefficient (Wildman–Crippen LogP) is 8.73. The van der Waals surface area contributed by atoms with Gasteiger partial charge >= 0.3 is 0 Å². The summed E-state index contributed by atoms with van der Waals surface area (Å²) in [5.74, 6) is 0.619. The van der Waals surface area contributed by atoms with Gasteiger partial charge in [-0.2, -0.15) is 0 Å². The van der Waals surface area contributed by atoms with Gasteiger partial charge in [0, 0.05) is 21.9 Å². The minimum atomic E-state index is 0.619. The molecule has 2 aromatic heterocycles. The molecule has 5 aromatic carbocycles. The molecule has 0 atom stereocenters. The Balaban J connectivity index is 1.27. The molecule has 160 valence electrons. The van der Waals surface area contributed by atoms with Gasteiger partial charge in [-0.25, -0.2) is 4.98 Å². The van der Waals surface area contributed by atoms with Crippen molar-refractivity contribution in [1.82, 2.24) is 4.98 Å². The first-order valence-electron chi connectivity index (χ1n) is 11.3. The number of hydrogen-bond donors (Lipinski definition) is 0. The van der Waals surface area contributed by atoms with Crippen molar-refractivity contribution in [2.24, 2.45) is 0 Å². The van der Waals surface area contributed by atoms with E-state index in [1.807, 2.05) is 42.5 Å². The van der Waals surface area contributed by atoms with Gasteiger partial charge < -0.3 is 8.83 Å². The zero-order valence-electron chi connectivity index (χ0n) is 18.2. The van der Waals surface area contributed by atoms with Crippen molar-refractivity contribution in [3.63, 3.8) is 0 Å². The lowest BCUT2D eigenvalue weighted by Gasteiger charge is -2.03. The van der Waals surface area contributed by atoms with E-state index in [4.69, 9.17) is 13.8 Å². The summed E-state index contributed by atoms with van der Waals surface area (Å²) < 4.78 is 12.3. The van der Waals surface area contributed by atoms with Crippen LogP contribution >= 0.6 is 0 Å². The Bertz CT molecular complexity index is 1790. The molecule has 7 aromatic rings. The maximum atomic E-state index is 6.21. The zero-order chi connectivity index (χ0) is 22.5. The van der Waals surface area contributed by atoms with E-state index < -0.39 is 0 Å². The Morgan fingerprint density at radius 3 is 2.09 bits per heavy atom. The van der Waals surface area contributed by atoms with Crippen LogP contribution < -0.4 is 0 Å². The van der Waals surface area contributed by atoms with Crippen LogP contribution in [0.15, 0.2) is 124 Å². The highest BCUT2D eigenvalue weighted by molar-refractivity contribution is 6.09. The SMILES string of the molecule is c1ccc(-c2ccc3oc(-c4ccc(-c5cccc6c5oc5ccccc56)cc4)nc3c2)cc1. The summed E-state index contributed by atoms with van der Waals surface area (Å²) in [6, 6.07) is 39.2. The molecule has 7 rings (SSSR count). The number of aromatic nitrogens is 1. The van der Waals surface area contributed by atoms with Crippen LogP contribution in [0, 0.1) is 0 Å². The number of rotatable bonds is 3. The third-order valence-corrected chi connectivity index (χ3v) is 6.34. The van der Waals surface area contributed by atoms with Gasteiger partial charge in [-0.05, 0) is 47.0 Å². The summed E-state index contributed by atoms with van der Waals surface area (Å²) in [5, 5.41) is 2.27. The van der Waals surface area contributed by atoms with Crippen LogP contribution in [0.4, 0.5) is 0 Å². The summed E-state index contributed by atoms with van der Waals surface area (Å²) in [4.78, 5) is 4.77. The Hall–Kier alpha value is -4.63. The highest BCUT2D eigenvalue weighted by atomic mass is 16.3. The van der Waals surface area contributed by atoms with E-state index in [0.717, 1.165) is 60.9 Å². The van der Waals surface area contributed by atoms with Crippen LogP contribution in [0.1, 0.15) is 0 Å². The monoisotopic (exact) mass is 437 g/mol. The molecule has 0 aliphatic carbocycles. The van der Waals surface area contributed by atoms with Gasteiger partial charge in [-0.1, -0.05) is 84.9 Å². The van der Waals surface area contributed by atoms with Gasteiger partial charge in [0.05, 0.1) is 0 Å². The van der Waals surface area contributed by atoms with E-state index >= 15 is 0 Å². The normalized spacial score (nSPS) is 11.5. The number of oxazole rings is 1. The third kappa shape index (κ3) is 3.02. The Kier molecular flexibility index (Phi) is 4.15. The van der Waals surface area contributed by atoms with Gasteiger partial charge in [0.1, 0.15) is 16.7 Å². The summed E-state index contributed by atoms with van der Waals surface area (Å²) in [5.41, 5.74) is 8.85. The number of nitrogens with zero attached hydrogens (tertiary/aromatic N) is 1. The molecule has 0 aliphatic rings. The minimum absolute atomic E-state index is 0.619. The molecule has 0 amide bonds. The van der Waals surface area contributed by atoms with Gasteiger partial charge in [0.2, 0.25) is 5.89 Å². The van der Waals surface area contributed by atoms with Crippen molar-refractivity contribution in [2.45, 2.75) is 0 Å². The number of hydrogen-bond acceptors (Lipinski definition) is 3. The molecule has 0 radical (unpaired) electrons. The first kappa shape index (κ1) is 18.9. The standard InChI is InChI=1S/C31H19NO2/c1-2-7-20(8-3-1)23-17-18-29-27(19-23)32-31(34-29)22-15-13-21(14-16-22)24-10-6-11-26-25-9-4-5-12-28(25)33-30(24)26/h1-19H. The molecule has 2 heterocycles. The van der Waals surface area contributed by atoms with Crippen molar-refractivity contribution in [3.8, 4) is 33.7 Å². The lowest BCUT2D eigenvalue weighted by molar-refractivity contribution is 0.620. The van der Waals surface area contributed by atoms with E-state index in [1.54, 1.807) is 0 Å². The molecule has 0 aliphatic heterocycles. The second kappa shape index (κ2) is 7.46. The van der Waals surface area contributed by atoms with Crippen LogP contribution in [-0.2, 0) is 0 Å². The second-order valence-corrected chi connectivity index (χ2v) is 8.43. The molecule has 0 saturated carbocycles. The third-order valence-electron chi connectivity index (χ3n) is 6.34. The van der Waals surface area contributed by atoms with Crippen LogP contribution in [0.25, 0.3) is 66.7 Å². The van der Waals surface area contributed by atoms with Crippen LogP contribution in [0.3, 0.4) is 0 Å².